The second-order valence-electron chi connectivity index (χ2n) is 9.89. The van der Waals surface area contributed by atoms with E-state index in [1.165, 1.54) is 5.56 Å². The van der Waals surface area contributed by atoms with E-state index >= 15 is 0 Å². The molecule has 0 saturated carbocycles. The van der Waals surface area contributed by atoms with Gasteiger partial charge in [0.15, 0.2) is 0 Å². The monoisotopic (exact) mass is 525 g/mol. The highest BCUT2D eigenvalue weighted by atomic mass is 15.3. The van der Waals surface area contributed by atoms with Gasteiger partial charge in [-0.3, -0.25) is 4.90 Å². The van der Waals surface area contributed by atoms with Gasteiger partial charge in [0.25, 0.3) is 0 Å². The van der Waals surface area contributed by atoms with Crippen LogP contribution in [0.1, 0.15) is 0 Å². The normalized spacial score (nSPS) is 10.9. The highest BCUT2D eigenvalue weighted by Crippen LogP contribution is 2.42. The summed E-state index contributed by atoms with van der Waals surface area (Å²) in [5, 5.41) is 1.03. The molecular weight excluding hydrogens is 498 g/mol. The maximum Gasteiger partial charge on any atom is 0.235 e. The molecule has 0 atom stereocenters. The fraction of sp³-hybridized carbons (Fsp3) is 0. The van der Waals surface area contributed by atoms with Crippen LogP contribution in [-0.4, -0.2) is 9.97 Å². The summed E-state index contributed by atoms with van der Waals surface area (Å²) >= 11 is 0. The van der Waals surface area contributed by atoms with Crippen molar-refractivity contribution in [1.82, 2.24) is 9.97 Å². The highest BCUT2D eigenvalue weighted by molar-refractivity contribution is 5.95. The minimum atomic E-state index is 0.624. The van der Waals surface area contributed by atoms with Crippen molar-refractivity contribution in [2.45, 2.75) is 0 Å². The molecule has 1 heterocycles. The third-order valence-electron chi connectivity index (χ3n) is 7.28. The molecule has 0 aliphatic carbocycles. The van der Waals surface area contributed by atoms with Gasteiger partial charge in [0.1, 0.15) is 0 Å². The van der Waals surface area contributed by atoms with Crippen molar-refractivity contribution in [1.29, 1.82) is 0 Å². The number of rotatable bonds is 6. The summed E-state index contributed by atoms with van der Waals surface area (Å²) < 4.78 is 0. The first-order valence-corrected chi connectivity index (χ1v) is 13.8. The van der Waals surface area contributed by atoms with Crippen LogP contribution < -0.4 is 4.90 Å². The van der Waals surface area contributed by atoms with E-state index in [4.69, 9.17) is 9.97 Å². The molecule has 0 N–H and O–H groups in total. The van der Waals surface area contributed by atoms with Crippen molar-refractivity contribution in [2.75, 3.05) is 4.90 Å². The number of hydrogen-bond acceptors (Lipinski definition) is 3. The molecule has 0 saturated heterocycles. The van der Waals surface area contributed by atoms with Gasteiger partial charge >= 0.3 is 0 Å². The molecule has 0 unspecified atom stereocenters. The summed E-state index contributed by atoms with van der Waals surface area (Å²) in [7, 11) is 0. The number of nitrogens with zero attached hydrogens (tertiary/aromatic N) is 3. The van der Waals surface area contributed by atoms with Crippen LogP contribution in [0.15, 0.2) is 164 Å². The molecular formula is C38H27N3. The minimum Gasteiger partial charge on any atom is -0.279 e. The Labute approximate surface area is 240 Å². The first-order chi connectivity index (χ1) is 20.3. The quantitative estimate of drug-likeness (QED) is 0.216. The van der Waals surface area contributed by atoms with Gasteiger partial charge in [0.05, 0.1) is 16.9 Å². The summed E-state index contributed by atoms with van der Waals surface area (Å²) in [5.74, 6) is 0.624. The van der Waals surface area contributed by atoms with Crippen LogP contribution in [0.4, 0.5) is 17.3 Å². The molecule has 0 radical (unpaired) electrons. The SMILES string of the molecule is c1ccc(-c2ccc(N(c3ccccc3)c3nc(-c4ccccc4)c4ccccc4n3)c(-c3ccccc3)c2)cc1. The first-order valence-electron chi connectivity index (χ1n) is 13.8. The topological polar surface area (TPSA) is 29.0 Å². The van der Waals surface area contributed by atoms with Crippen LogP contribution in [0.2, 0.25) is 0 Å². The van der Waals surface area contributed by atoms with E-state index in [0.717, 1.165) is 50.2 Å². The first kappa shape index (κ1) is 24.5. The van der Waals surface area contributed by atoms with E-state index in [9.17, 15) is 0 Å². The molecule has 3 heteroatoms. The van der Waals surface area contributed by atoms with Crippen LogP contribution >= 0.6 is 0 Å². The van der Waals surface area contributed by atoms with E-state index in [-0.39, 0.29) is 0 Å². The second-order valence-corrected chi connectivity index (χ2v) is 9.89. The highest BCUT2D eigenvalue weighted by Gasteiger charge is 2.22. The lowest BCUT2D eigenvalue weighted by atomic mass is 9.96. The Bertz CT molecular complexity index is 1920. The third-order valence-corrected chi connectivity index (χ3v) is 7.28. The average Bonchev–Trinajstić information content (AvgIpc) is 3.06. The van der Waals surface area contributed by atoms with Gasteiger partial charge in [-0.1, -0.05) is 133 Å². The average molecular weight is 526 g/mol. The Balaban J connectivity index is 1.51. The molecule has 6 aromatic carbocycles. The number of fused-ring (bicyclic) bond motifs is 1. The third kappa shape index (κ3) is 4.86. The van der Waals surface area contributed by atoms with Gasteiger partial charge in [-0.15, -0.1) is 0 Å². The number of anilines is 3. The molecule has 7 rings (SSSR count). The molecule has 41 heavy (non-hydrogen) atoms. The summed E-state index contributed by atoms with van der Waals surface area (Å²) in [6, 6.07) is 56.7. The molecule has 0 spiro atoms. The number of benzene rings is 6. The van der Waals surface area contributed by atoms with Crippen LogP contribution in [-0.2, 0) is 0 Å². The molecule has 7 aromatic rings. The maximum atomic E-state index is 5.25. The van der Waals surface area contributed by atoms with Gasteiger partial charge in [-0.2, -0.15) is 0 Å². The van der Waals surface area contributed by atoms with Gasteiger partial charge in [-0.25, -0.2) is 9.97 Å². The van der Waals surface area contributed by atoms with Gasteiger partial charge in [-0.05, 0) is 47.0 Å². The van der Waals surface area contributed by atoms with E-state index in [1.54, 1.807) is 0 Å². The lowest BCUT2D eigenvalue weighted by Gasteiger charge is -2.27. The van der Waals surface area contributed by atoms with E-state index in [1.807, 2.05) is 24.3 Å². The summed E-state index contributed by atoms with van der Waals surface area (Å²) in [6.45, 7) is 0. The molecule has 1 aromatic heterocycles. The van der Waals surface area contributed by atoms with Crippen molar-refractivity contribution in [2.24, 2.45) is 0 Å². The molecule has 0 bridgehead atoms. The van der Waals surface area contributed by atoms with Crippen molar-refractivity contribution < 1.29 is 0 Å². The zero-order chi connectivity index (χ0) is 27.4. The van der Waals surface area contributed by atoms with Gasteiger partial charge < -0.3 is 0 Å². The maximum absolute atomic E-state index is 5.25. The fourth-order valence-corrected chi connectivity index (χ4v) is 5.31. The molecule has 194 valence electrons. The Morgan fingerprint density at radius 3 is 1.66 bits per heavy atom. The number of aromatic nitrogens is 2. The van der Waals surface area contributed by atoms with Crippen LogP contribution in [0.5, 0.6) is 0 Å². The van der Waals surface area contributed by atoms with Crippen LogP contribution in [0.3, 0.4) is 0 Å². The molecule has 0 aliphatic rings. The number of para-hydroxylation sites is 2. The standard InChI is InChI=1S/C38H27N3/c1-5-15-28(16-6-1)31-25-26-36(34(27-31)29-17-7-2-8-18-29)41(32-21-11-4-12-22-32)38-39-35-24-14-13-23-33(35)37(40-38)30-19-9-3-10-20-30/h1-27H. The molecule has 3 nitrogen and oxygen atoms in total. The Morgan fingerprint density at radius 1 is 0.415 bits per heavy atom. The Kier molecular flexibility index (Phi) is 6.52. The van der Waals surface area contributed by atoms with Crippen LogP contribution in [0.25, 0.3) is 44.4 Å². The van der Waals surface area contributed by atoms with E-state index in [2.05, 4.69) is 144 Å². The van der Waals surface area contributed by atoms with E-state index < -0.39 is 0 Å². The predicted molar refractivity (Wildman–Crippen MR) is 171 cm³/mol. The zero-order valence-electron chi connectivity index (χ0n) is 22.4. The summed E-state index contributed by atoms with van der Waals surface area (Å²) in [4.78, 5) is 12.6. The van der Waals surface area contributed by atoms with Gasteiger partial charge in [0, 0.05) is 22.2 Å². The van der Waals surface area contributed by atoms with Gasteiger partial charge in [0.2, 0.25) is 5.95 Å². The lowest BCUT2D eigenvalue weighted by molar-refractivity contribution is 1.11. The Morgan fingerprint density at radius 2 is 0.976 bits per heavy atom. The van der Waals surface area contributed by atoms with Crippen molar-refractivity contribution in [3.05, 3.63) is 164 Å². The van der Waals surface area contributed by atoms with Crippen molar-refractivity contribution in [3.63, 3.8) is 0 Å². The smallest absolute Gasteiger partial charge is 0.235 e. The van der Waals surface area contributed by atoms with Crippen molar-refractivity contribution in [3.8, 4) is 33.5 Å². The lowest BCUT2D eigenvalue weighted by Crippen LogP contribution is -2.15. The fourth-order valence-electron chi connectivity index (χ4n) is 5.31. The largest absolute Gasteiger partial charge is 0.279 e. The molecule has 0 amide bonds. The summed E-state index contributed by atoms with van der Waals surface area (Å²) in [6.07, 6.45) is 0. The summed E-state index contributed by atoms with van der Waals surface area (Å²) in [5.41, 5.74) is 9.44. The predicted octanol–water partition coefficient (Wildman–Crippen LogP) is 10.1. The zero-order valence-corrected chi connectivity index (χ0v) is 22.4. The van der Waals surface area contributed by atoms with Crippen LogP contribution in [0, 0.1) is 0 Å². The minimum absolute atomic E-state index is 0.624. The second kappa shape index (κ2) is 10.9. The van der Waals surface area contributed by atoms with E-state index in [0.29, 0.717) is 5.95 Å². The Hall–Kier alpha value is -5.54. The molecule has 0 aliphatic heterocycles. The van der Waals surface area contributed by atoms with Crippen molar-refractivity contribution >= 4 is 28.2 Å². The molecule has 0 fully saturated rings. The number of hydrogen-bond donors (Lipinski definition) is 0.